The number of allylic oxidation sites excluding steroid dienone is 3. The molecule has 1 aromatic carbocycles. The molecule has 2 heterocycles. The third kappa shape index (κ3) is 3.02. The van der Waals surface area contributed by atoms with Crippen molar-refractivity contribution < 1.29 is 34.6 Å². The van der Waals surface area contributed by atoms with Gasteiger partial charge in [0.25, 0.3) is 0 Å². The van der Waals surface area contributed by atoms with Crippen molar-refractivity contribution in [3.63, 3.8) is 0 Å². The number of hydrogen-bond donors (Lipinski definition) is 4. The van der Waals surface area contributed by atoms with Crippen LogP contribution in [0.15, 0.2) is 47.2 Å². The van der Waals surface area contributed by atoms with Crippen LogP contribution in [-0.4, -0.2) is 63.5 Å². The monoisotopic (exact) mass is 361 g/mol. The molecule has 2 aliphatic heterocycles. The van der Waals surface area contributed by atoms with Crippen molar-refractivity contribution in [2.45, 2.75) is 37.1 Å². The molecule has 1 aromatic rings. The molecule has 1 fully saturated rings. The van der Waals surface area contributed by atoms with Crippen LogP contribution in [0.4, 0.5) is 5.69 Å². The Hall–Kier alpha value is -2.23. The summed E-state index contributed by atoms with van der Waals surface area (Å²) in [5.74, 6) is 1.50. The Bertz CT molecular complexity index is 786. The first-order valence-electron chi connectivity index (χ1n) is 8.31. The van der Waals surface area contributed by atoms with E-state index in [-0.39, 0.29) is 0 Å². The van der Waals surface area contributed by atoms with Gasteiger partial charge in [-0.05, 0) is 30.7 Å². The van der Waals surface area contributed by atoms with Gasteiger partial charge in [-0.25, -0.2) is 4.99 Å². The maximum absolute atomic E-state index is 10.1. The second kappa shape index (κ2) is 6.82. The van der Waals surface area contributed by atoms with Crippen molar-refractivity contribution in [2.75, 3.05) is 6.61 Å². The number of aliphatic hydroxyl groups is 4. The Morgan fingerprint density at radius 3 is 2.81 bits per heavy atom. The predicted octanol–water partition coefficient (Wildman–Crippen LogP) is 0.174. The van der Waals surface area contributed by atoms with Crippen LogP contribution in [-0.2, 0) is 4.74 Å². The Morgan fingerprint density at radius 2 is 2.00 bits per heavy atom. The topological polar surface area (TPSA) is 121 Å². The summed E-state index contributed by atoms with van der Waals surface area (Å²) in [5, 5.41) is 39.0. The summed E-state index contributed by atoms with van der Waals surface area (Å²) in [6.45, 7) is -0.517. The van der Waals surface area contributed by atoms with Crippen LogP contribution in [0, 0.1) is 0 Å². The molecule has 4 N–H and O–H groups in total. The fourth-order valence-electron chi connectivity index (χ4n) is 3.02. The molecule has 138 valence electrons. The largest absolute Gasteiger partial charge is 0.462 e. The van der Waals surface area contributed by atoms with Crippen molar-refractivity contribution in [2.24, 2.45) is 4.99 Å². The van der Waals surface area contributed by atoms with E-state index in [1.54, 1.807) is 18.2 Å². The van der Waals surface area contributed by atoms with Gasteiger partial charge in [-0.1, -0.05) is 6.08 Å². The highest BCUT2D eigenvalue weighted by atomic mass is 16.7. The minimum atomic E-state index is -1.49. The molecule has 4 rings (SSSR count). The third-order valence-corrected chi connectivity index (χ3v) is 4.46. The SMILES string of the molecule is OC[C@H]1O[C@@H](Oc2ccc3c(c2)OC2=CCC=CC2=N3)C(O)C(O)[C@@H]1O. The van der Waals surface area contributed by atoms with Gasteiger partial charge in [0.05, 0.1) is 6.61 Å². The quantitative estimate of drug-likeness (QED) is 0.606. The van der Waals surface area contributed by atoms with Crippen LogP contribution < -0.4 is 9.47 Å². The van der Waals surface area contributed by atoms with Gasteiger partial charge in [0.15, 0.2) is 5.75 Å². The summed E-state index contributed by atoms with van der Waals surface area (Å²) < 4.78 is 16.8. The zero-order chi connectivity index (χ0) is 18.3. The lowest BCUT2D eigenvalue weighted by Crippen LogP contribution is -2.60. The molecule has 5 atom stereocenters. The summed E-state index contributed by atoms with van der Waals surface area (Å²) in [4.78, 5) is 4.51. The van der Waals surface area contributed by atoms with E-state index in [4.69, 9.17) is 14.2 Å². The second-order valence-corrected chi connectivity index (χ2v) is 6.25. The lowest BCUT2D eigenvalue weighted by molar-refractivity contribution is -0.277. The molecule has 0 saturated carbocycles. The lowest BCUT2D eigenvalue weighted by atomic mass is 9.99. The molecule has 0 bridgehead atoms. The molecule has 0 spiro atoms. The van der Waals surface area contributed by atoms with Crippen molar-refractivity contribution in [1.29, 1.82) is 0 Å². The lowest BCUT2D eigenvalue weighted by Gasteiger charge is -2.39. The van der Waals surface area contributed by atoms with Crippen LogP contribution in [0.5, 0.6) is 11.5 Å². The first-order chi connectivity index (χ1) is 12.6. The average molecular weight is 361 g/mol. The number of aliphatic imine (C=N–C) groups is 1. The highest BCUT2D eigenvalue weighted by molar-refractivity contribution is 6.10. The fraction of sp³-hybridized carbons (Fsp3) is 0.389. The molecule has 2 unspecified atom stereocenters. The van der Waals surface area contributed by atoms with E-state index in [9.17, 15) is 20.4 Å². The highest BCUT2D eigenvalue weighted by Crippen LogP contribution is 2.38. The van der Waals surface area contributed by atoms with E-state index in [2.05, 4.69) is 4.99 Å². The molecule has 1 saturated heterocycles. The van der Waals surface area contributed by atoms with Gasteiger partial charge in [0, 0.05) is 6.07 Å². The maximum Gasteiger partial charge on any atom is 0.229 e. The smallest absolute Gasteiger partial charge is 0.229 e. The van der Waals surface area contributed by atoms with E-state index in [1.165, 1.54) is 0 Å². The standard InChI is InChI=1S/C18H19NO7/c20-8-14-15(21)16(22)17(23)18(26-14)24-9-5-6-11-13(7-9)25-12-4-2-1-3-10(12)19-11/h1,3-7,14-18,20-23H,2,8H2/t14-,15-,16?,17?,18-/m1/s1. The number of benzene rings is 1. The Kier molecular flexibility index (Phi) is 4.51. The average Bonchev–Trinajstić information content (AvgIpc) is 2.66. The second-order valence-electron chi connectivity index (χ2n) is 6.25. The van der Waals surface area contributed by atoms with Gasteiger partial charge >= 0.3 is 0 Å². The third-order valence-electron chi connectivity index (χ3n) is 4.46. The summed E-state index contributed by atoms with van der Waals surface area (Å²) >= 11 is 0. The van der Waals surface area contributed by atoms with Crippen molar-refractivity contribution >= 4 is 11.4 Å². The number of hydrogen-bond acceptors (Lipinski definition) is 8. The van der Waals surface area contributed by atoms with Crippen molar-refractivity contribution in [3.8, 4) is 11.5 Å². The number of rotatable bonds is 3. The van der Waals surface area contributed by atoms with Crippen LogP contribution in [0.3, 0.4) is 0 Å². The van der Waals surface area contributed by atoms with Crippen molar-refractivity contribution in [1.82, 2.24) is 0 Å². The molecule has 26 heavy (non-hydrogen) atoms. The zero-order valence-corrected chi connectivity index (χ0v) is 13.7. The van der Waals surface area contributed by atoms with Gasteiger partial charge in [-0.3, -0.25) is 0 Å². The first kappa shape index (κ1) is 17.2. The molecule has 8 heteroatoms. The van der Waals surface area contributed by atoms with E-state index in [1.807, 2.05) is 18.2 Å². The Labute approximate surface area is 149 Å². The minimum absolute atomic E-state index is 0.332. The van der Waals surface area contributed by atoms with Crippen LogP contribution in [0.25, 0.3) is 0 Å². The van der Waals surface area contributed by atoms with E-state index in [0.717, 1.165) is 12.1 Å². The molecular formula is C18H19NO7. The van der Waals surface area contributed by atoms with Crippen LogP contribution in [0.2, 0.25) is 0 Å². The summed E-state index contributed by atoms with van der Waals surface area (Å²) in [6.07, 6.45) is -0.0872. The number of nitrogens with zero attached hydrogens (tertiary/aromatic N) is 1. The molecule has 0 radical (unpaired) electrons. The van der Waals surface area contributed by atoms with E-state index in [0.29, 0.717) is 22.9 Å². The number of ether oxygens (including phenoxy) is 3. The molecular weight excluding hydrogens is 342 g/mol. The molecule has 8 nitrogen and oxygen atoms in total. The molecule has 3 aliphatic rings. The zero-order valence-electron chi connectivity index (χ0n) is 13.7. The van der Waals surface area contributed by atoms with Gasteiger partial charge < -0.3 is 34.6 Å². The fourth-order valence-corrected chi connectivity index (χ4v) is 3.02. The molecule has 0 amide bonds. The minimum Gasteiger partial charge on any atom is -0.462 e. The van der Waals surface area contributed by atoms with Crippen LogP contribution >= 0.6 is 0 Å². The Morgan fingerprint density at radius 1 is 1.15 bits per heavy atom. The van der Waals surface area contributed by atoms with Gasteiger partial charge in [-0.2, -0.15) is 0 Å². The van der Waals surface area contributed by atoms with Gasteiger partial charge in [-0.15, -0.1) is 0 Å². The number of aliphatic hydroxyl groups excluding tert-OH is 4. The normalized spacial score (nSPS) is 32.7. The maximum atomic E-state index is 10.1. The van der Waals surface area contributed by atoms with E-state index < -0.39 is 37.3 Å². The summed E-state index contributed by atoms with van der Waals surface area (Å²) in [6, 6.07) is 4.95. The van der Waals surface area contributed by atoms with Crippen molar-refractivity contribution in [3.05, 3.63) is 42.2 Å². The summed E-state index contributed by atoms with van der Waals surface area (Å²) in [5.41, 5.74) is 1.40. The van der Waals surface area contributed by atoms with E-state index >= 15 is 0 Å². The van der Waals surface area contributed by atoms with Gasteiger partial charge in [0.1, 0.15) is 47.3 Å². The Balaban J connectivity index is 1.55. The molecule has 0 aromatic heterocycles. The number of fused-ring (bicyclic) bond motifs is 2. The molecule has 1 aliphatic carbocycles. The van der Waals surface area contributed by atoms with Gasteiger partial charge in [0.2, 0.25) is 6.29 Å². The first-order valence-corrected chi connectivity index (χ1v) is 8.31. The van der Waals surface area contributed by atoms with Crippen LogP contribution in [0.1, 0.15) is 6.42 Å². The highest BCUT2D eigenvalue weighted by Gasteiger charge is 2.44. The summed E-state index contributed by atoms with van der Waals surface area (Å²) in [7, 11) is 0. The predicted molar refractivity (Wildman–Crippen MR) is 90.4 cm³/mol.